The van der Waals surface area contributed by atoms with E-state index in [9.17, 15) is 20.4 Å². The molecule has 2 aliphatic heterocycles. The maximum Gasteiger partial charge on any atom is 0.215 e. The molecule has 0 spiro atoms. The molecule has 0 radical (unpaired) electrons. The molecule has 3 rings (SSSR count). The highest BCUT2D eigenvalue weighted by Crippen LogP contribution is 2.32. The zero-order valence-electron chi connectivity index (χ0n) is 24.1. The Kier molecular flexibility index (Phi) is 13.6. The van der Waals surface area contributed by atoms with Gasteiger partial charge in [0.15, 0.2) is 6.29 Å². The second-order valence-electron chi connectivity index (χ2n) is 11.4. The molecule has 15 nitrogen and oxygen atoms in total. The summed E-state index contributed by atoms with van der Waals surface area (Å²) in [6, 6.07) is -2.44. The summed E-state index contributed by atoms with van der Waals surface area (Å²) in [5.41, 5.74) is 17.0. The Morgan fingerprint density at radius 3 is 2.56 bits per heavy atom. The van der Waals surface area contributed by atoms with E-state index in [1.165, 1.54) is 0 Å². The van der Waals surface area contributed by atoms with Gasteiger partial charge in [-0.15, -0.1) is 0 Å². The van der Waals surface area contributed by atoms with E-state index in [4.69, 9.17) is 41.3 Å². The number of aliphatic hydroxyl groups is 5. The molecule has 1 aliphatic carbocycles. The molecule has 0 aromatic carbocycles. The van der Waals surface area contributed by atoms with Gasteiger partial charge in [0.05, 0.1) is 31.3 Å². The van der Waals surface area contributed by atoms with E-state index in [0.29, 0.717) is 51.1 Å². The van der Waals surface area contributed by atoms with Gasteiger partial charge in [-0.25, -0.2) is 0 Å². The van der Waals surface area contributed by atoms with Crippen molar-refractivity contribution in [3.05, 3.63) is 11.8 Å². The number of likely N-dealkylation sites (N-methyl/N-ethyl adjacent to an activating group) is 1. The quantitative estimate of drug-likeness (QED) is 0.0802. The highest BCUT2D eigenvalue weighted by atomic mass is 16.7. The lowest BCUT2D eigenvalue weighted by atomic mass is 9.83. The number of aliphatic hydroxyl groups excluding tert-OH is 4. The Bertz CT molecular complexity index is 811. The van der Waals surface area contributed by atoms with Gasteiger partial charge in [0.1, 0.15) is 35.8 Å². The fourth-order valence-electron chi connectivity index (χ4n) is 5.57. The van der Waals surface area contributed by atoms with E-state index in [-0.39, 0.29) is 19.8 Å². The summed E-state index contributed by atoms with van der Waals surface area (Å²) in [7, 11) is 1.62. The van der Waals surface area contributed by atoms with Crippen LogP contribution in [0.25, 0.3) is 0 Å². The van der Waals surface area contributed by atoms with Crippen molar-refractivity contribution in [2.75, 3.05) is 46.4 Å². The smallest absolute Gasteiger partial charge is 0.215 e. The Balaban J connectivity index is 1.73. The summed E-state index contributed by atoms with van der Waals surface area (Å²) < 4.78 is 24.1. The predicted molar refractivity (Wildman–Crippen MR) is 149 cm³/mol. The minimum absolute atomic E-state index is 0.0872. The number of hydrogen-bond acceptors (Lipinski definition) is 15. The van der Waals surface area contributed by atoms with Gasteiger partial charge in [-0.3, -0.25) is 0 Å². The molecule has 240 valence electrons. The molecule has 1 saturated carbocycles. The van der Waals surface area contributed by atoms with E-state index < -0.39 is 72.9 Å². The SMILES string of the molecule is CN[C@@H]1[C@@H](O)[C@@H](O[C@H]2[C@H](NCC(O)CCN)C[C@H](N)C(O[C@H]3OC(CNCCCO)=CC[C@H]3N)[C@@H]2O)OC[C@]1(C)O. The van der Waals surface area contributed by atoms with Crippen LogP contribution < -0.4 is 33.2 Å². The Hall–Kier alpha value is -1.02. The summed E-state index contributed by atoms with van der Waals surface area (Å²) in [6.07, 6.45) is -3.55. The Morgan fingerprint density at radius 2 is 1.88 bits per heavy atom. The van der Waals surface area contributed by atoms with Gasteiger partial charge in [-0.1, -0.05) is 0 Å². The second-order valence-corrected chi connectivity index (χ2v) is 11.4. The molecule has 12 atom stereocenters. The number of nitrogens with two attached hydrogens (primary N) is 3. The van der Waals surface area contributed by atoms with Crippen molar-refractivity contribution >= 4 is 0 Å². The van der Waals surface area contributed by atoms with Crippen LogP contribution in [0.5, 0.6) is 0 Å². The fourth-order valence-corrected chi connectivity index (χ4v) is 5.57. The van der Waals surface area contributed by atoms with Crippen LogP contribution in [0.4, 0.5) is 0 Å². The van der Waals surface area contributed by atoms with E-state index >= 15 is 0 Å². The van der Waals surface area contributed by atoms with Crippen LogP contribution in [0.1, 0.15) is 32.6 Å². The van der Waals surface area contributed by atoms with Crippen LogP contribution in [0.3, 0.4) is 0 Å². The fraction of sp³-hybridized carbons (Fsp3) is 0.923. The van der Waals surface area contributed by atoms with Crippen molar-refractivity contribution in [2.24, 2.45) is 17.2 Å². The first-order chi connectivity index (χ1) is 19.5. The predicted octanol–water partition coefficient (Wildman–Crippen LogP) is -4.50. The summed E-state index contributed by atoms with van der Waals surface area (Å²) in [5.74, 6) is 0.638. The van der Waals surface area contributed by atoms with Crippen LogP contribution in [0, 0.1) is 0 Å². The molecule has 0 bridgehead atoms. The minimum Gasteiger partial charge on any atom is -0.467 e. The molecule has 0 aromatic heterocycles. The van der Waals surface area contributed by atoms with Crippen LogP contribution in [0.15, 0.2) is 11.8 Å². The molecule has 41 heavy (non-hydrogen) atoms. The molecular formula is C26H52N6O9. The van der Waals surface area contributed by atoms with Crippen LogP contribution in [0.2, 0.25) is 0 Å². The van der Waals surface area contributed by atoms with Gasteiger partial charge in [0.25, 0.3) is 0 Å². The molecule has 0 amide bonds. The minimum atomic E-state index is -1.34. The number of nitrogens with one attached hydrogen (secondary N) is 3. The van der Waals surface area contributed by atoms with Crippen molar-refractivity contribution in [3.8, 4) is 0 Å². The van der Waals surface area contributed by atoms with Crippen LogP contribution >= 0.6 is 0 Å². The average molecular weight is 593 g/mol. The molecule has 2 unspecified atom stereocenters. The van der Waals surface area contributed by atoms with E-state index in [1.54, 1.807) is 14.0 Å². The van der Waals surface area contributed by atoms with Crippen molar-refractivity contribution < 1.29 is 44.5 Å². The zero-order valence-corrected chi connectivity index (χ0v) is 24.1. The standard InChI is InChI=1S/C26H52N6O9/c1-26(37)13-38-25(20(36)23(26)30-2)41-22-18(32-11-14(34)6-7-27)10-17(29)21(19(22)35)40-24-16(28)5-4-15(39-24)12-31-8-3-9-33/h4,14,16-25,30-37H,3,5-13,27-29H2,1-2H3/t14?,16-,17+,18-,19+,20-,21?,22+,23-,24-,25-,26+/m1/s1. The van der Waals surface area contributed by atoms with Gasteiger partial charge in [0.2, 0.25) is 6.29 Å². The van der Waals surface area contributed by atoms with E-state index in [2.05, 4.69) is 16.0 Å². The molecule has 2 fully saturated rings. The first-order valence-corrected chi connectivity index (χ1v) is 14.5. The highest BCUT2D eigenvalue weighted by molar-refractivity contribution is 5.05. The van der Waals surface area contributed by atoms with Gasteiger partial charge in [0, 0.05) is 25.2 Å². The highest BCUT2D eigenvalue weighted by Gasteiger charge is 2.51. The molecule has 3 aliphatic rings. The topological polar surface area (TPSA) is 252 Å². The van der Waals surface area contributed by atoms with Gasteiger partial charge >= 0.3 is 0 Å². The average Bonchev–Trinajstić information content (AvgIpc) is 2.92. The lowest BCUT2D eigenvalue weighted by Gasteiger charge is -2.49. The zero-order chi connectivity index (χ0) is 30.2. The summed E-state index contributed by atoms with van der Waals surface area (Å²) in [4.78, 5) is 0. The monoisotopic (exact) mass is 592 g/mol. The number of rotatable bonds is 15. The third kappa shape index (κ3) is 9.23. The molecule has 14 N–H and O–H groups in total. The summed E-state index contributed by atoms with van der Waals surface area (Å²) in [6.45, 7) is 3.07. The maximum atomic E-state index is 11.6. The molecular weight excluding hydrogens is 540 g/mol. The Labute approximate surface area is 241 Å². The summed E-state index contributed by atoms with van der Waals surface area (Å²) in [5, 5.41) is 61.7. The first kappa shape index (κ1) is 34.5. The van der Waals surface area contributed by atoms with Gasteiger partial charge < -0.3 is 77.6 Å². The lowest BCUT2D eigenvalue weighted by molar-refractivity contribution is -0.304. The van der Waals surface area contributed by atoms with Crippen LogP contribution in [-0.4, -0.2) is 145 Å². The number of hydrogen-bond donors (Lipinski definition) is 11. The molecule has 0 aromatic rings. The normalized spacial score (nSPS) is 40.6. The van der Waals surface area contributed by atoms with Crippen molar-refractivity contribution in [1.29, 1.82) is 0 Å². The molecule has 2 heterocycles. The third-order valence-corrected chi connectivity index (χ3v) is 7.90. The lowest BCUT2D eigenvalue weighted by Crippen LogP contribution is -2.69. The van der Waals surface area contributed by atoms with Crippen LogP contribution in [-0.2, 0) is 18.9 Å². The van der Waals surface area contributed by atoms with Gasteiger partial charge in [-0.05, 0) is 58.8 Å². The second kappa shape index (κ2) is 16.2. The maximum absolute atomic E-state index is 11.6. The van der Waals surface area contributed by atoms with E-state index in [0.717, 1.165) is 0 Å². The first-order valence-electron chi connectivity index (χ1n) is 14.5. The van der Waals surface area contributed by atoms with Crippen molar-refractivity contribution in [1.82, 2.24) is 16.0 Å². The largest absolute Gasteiger partial charge is 0.467 e. The van der Waals surface area contributed by atoms with Crippen molar-refractivity contribution in [2.45, 2.75) is 105 Å². The third-order valence-electron chi connectivity index (χ3n) is 7.90. The number of ether oxygens (including phenoxy) is 4. The van der Waals surface area contributed by atoms with Crippen molar-refractivity contribution in [3.63, 3.8) is 0 Å². The molecule has 1 saturated heterocycles. The Morgan fingerprint density at radius 1 is 1.15 bits per heavy atom. The molecule has 15 heteroatoms. The summed E-state index contributed by atoms with van der Waals surface area (Å²) >= 11 is 0. The van der Waals surface area contributed by atoms with Gasteiger partial charge in [-0.2, -0.15) is 0 Å². The van der Waals surface area contributed by atoms with E-state index in [1.807, 2.05) is 6.08 Å².